The number of carbonyl (C=O) groups is 1. The molecule has 0 radical (unpaired) electrons. The van der Waals surface area contributed by atoms with Crippen LogP contribution in [0, 0.1) is 0 Å². The van der Waals surface area contributed by atoms with E-state index >= 15 is 0 Å². The Labute approximate surface area is 166 Å². The van der Waals surface area contributed by atoms with Crippen molar-refractivity contribution < 1.29 is 4.79 Å². The minimum atomic E-state index is -2.18. The van der Waals surface area contributed by atoms with Gasteiger partial charge in [0.25, 0.3) is 0 Å². The molecule has 2 aromatic heterocycles. The molecular weight excluding hydrogens is 433 g/mol. The van der Waals surface area contributed by atoms with Gasteiger partial charge in [0, 0.05) is 5.56 Å². The van der Waals surface area contributed by atoms with Gasteiger partial charge in [-0.05, 0) is 0 Å². The van der Waals surface area contributed by atoms with E-state index in [1.807, 2.05) is 6.07 Å². The lowest BCUT2D eigenvalue weighted by molar-refractivity contribution is 0.237. The molecule has 0 aliphatic heterocycles. The van der Waals surface area contributed by atoms with Crippen LogP contribution in [0.15, 0.2) is 43.0 Å². The van der Waals surface area contributed by atoms with Crippen LogP contribution >= 0.6 is 58.0 Å². The highest BCUT2D eigenvalue weighted by Crippen LogP contribution is 2.52. The maximum atomic E-state index is 12.6. The first-order valence-electron chi connectivity index (χ1n) is 6.58. The second-order valence-electron chi connectivity index (χ2n) is 4.73. The lowest BCUT2D eigenvalue weighted by Crippen LogP contribution is -2.35. The summed E-state index contributed by atoms with van der Waals surface area (Å²) < 4.78 is -2.61. The summed E-state index contributed by atoms with van der Waals surface area (Å²) in [5.74, 6) is -0.0980. The average molecular weight is 441 g/mol. The Morgan fingerprint density at radius 2 is 1.72 bits per heavy atom. The van der Waals surface area contributed by atoms with Crippen LogP contribution in [-0.2, 0) is 4.33 Å². The molecule has 0 amide bonds. The van der Waals surface area contributed by atoms with E-state index < -0.39 is 14.2 Å². The normalized spacial score (nSPS) is 12.4. The summed E-state index contributed by atoms with van der Waals surface area (Å²) in [6, 6.07) is 8.10. The lowest BCUT2D eigenvalue weighted by Gasteiger charge is -2.25. The monoisotopic (exact) mass is 438 g/mol. The molecule has 2 heterocycles. The molecular formula is C13H7Cl5N6O. The second-order valence-corrected chi connectivity index (χ2v) is 8.34. The van der Waals surface area contributed by atoms with E-state index in [2.05, 4.69) is 20.2 Å². The number of hydrogen-bond donors (Lipinski definition) is 0. The van der Waals surface area contributed by atoms with Crippen molar-refractivity contribution >= 4 is 64.0 Å². The quantitative estimate of drug-likeness (QED) is 0.562. The SMILES string of the molecule is O=C(n1cncn1)n1nc(-c2ccccc2)nc1C(Cl)(Cl)C(Cl)(Cl)Cl. The maximum absolute atomic E-state index is 12.6. The van der Waals surface area contributed by atoms with Gasteiger partial charge in [-0.15, -0.1) is 5.10 Å². The van der Waals surface area contributed by atoms with Gasteiger partial charge >= 0.3 is 6.03 Å². The molecule has 0 aliphatic carbocycles. The first-order valence-corrected chi connectivity index (χ1v) is 8.47. The molecule has 25 heavy (non-hydrogen) atoms. The maximum Gasteiger partial charge on any atom is 0.372 e. The van der Waals surface area contributed by atoms with Crippen LogP contribution in [0.2, 0.25) is 0 Å². The van der Waals surface area contributed by atoms with Crippen LogP contribution in [0.5, 0.6) is 0 Å². The van der Waals surface area contributed by atoms with E-state index in [0.717, 1.165) is 9.36 Å². The van der Waals surface area contributed by atoms with Crippen LogP contribution in [0.25, 0.3) is 11.4 Å². The highest BCUT2D eigenvalue weighted by Gasteiger charge is 2.52. The number of alkyl halides is 5. The Kier molecular flexibility index (Phi) is 4.96. The molecule has 0 atom stereocenters. The Morgan fingerprint density at radius 3 is 2.28 bits per heavy atom. The Balaban J connectivity index is 2.18. The van der Waals surface area contributed by atoms with Crippen molar-refractivity contribution in [2.24, 2.45) is 0 Å². The molecule has 0 aliphatic rings. The molecule has 0 fully saturated rings. The van der Waals surface area contributed by atoms with Crippen LogP contribution < -0.4 is 0 Å². The van der Waals surface area contributed by atoms with Crippen LogP contribution in [0.1, 0.15) is 5.82 Å². The van der Waals surface area contributed by atoms with Gasteiger partial charge in [0.15, 0.2) is 11.6 Å². The molecule has 1 aromatic carbocycles. The van der Waals surface area contributed by atoms with Crippen molar-refractivity contribution in [2.45, 2.75) is 8.13 Å². The van der Waals surface area contributed by atoms with Crippen molar-refractivity contribution in [2.75, 3.05) is 0 Å². The molecule has 0 spiro atoms. The van der Waals surface area contributed by atoms with E-state index in [1.165, 1.54) is 12.7 Å². The summed E-state index contributed by atoms with van der Waals surface area (Å²) in [4.78, 5) is 20.5. The predicted octanol–water partition coefficient (Wildman–Crippen LogP) is 4.05. The number of nitrogens with zero attached hydrogens (tertiary/aromatic N) is 6. The van der Waals surface area contributed by atoms with Gasteiger partial charge in [-0.2, -0.15) is 14.5 Å². The van der Waals surface area contributed by atoms with Crippen LogP contribution in [0.3, 0.4) is 0 Å². The Morgan fingerprint density at radius 1 is 1.04 bits per heavy atom. The van der Waals surface area contributed by atoms with Crippen molar-refractivity contribution in [1.29, 1.82) is 0 Å². The van der Waals surface area contributed by atoms with Gasteiger partial charge in [-0.25, -0.2) is 14.8 Å². The van der Waals surface area contributed by atoms with Crippen LogP contribution in [-0.4, -0.2) is 39.4 Å². The second kappa shape index (κ2) is 6.74. The summed E-state index contributed by atoms with van der Waals surface area (Å²) in [7, 11) is 0. The third-order valence-electron chi connectivity index (χ3n) is 3.07. The predicted molar refractivity (Wildman–Crippen MR) is 95.3 cm³/mol. The number of carbonyl (C=O) groups excluding carboxylic acids is 1. The molecule has 0 unspecified atom stereocenters. The number of rotatable bonds is 2. The highest BCUT2D eigenvalue weighted by atomic mass is 35.6. The number of hydrogen-bond acceptors (Lipinski definition) is 5. The Bertz CT molecular complexity index is 888. The largest absolute Gasteiger partial charge is 0.372 e. The van der Waals surface area contributed by atoms with Gasteiger partial charge in [-0.1, -0.05) is 88.3 Å². The molecule has 0 saturated carbocycles. The smallest absolute Gasteiger partial charge is 0.243 e. The summed E-state index contributed by atoms with van der Waals surface area (Å²) in [6.07, 6.45) is 2.35. The number of benzene rings is 1. The van der Waals surface area contributed by atoms with Crippen molar-refractivity contribution in [3.63, 3.8) is 0 Å². The highest BCUT2D eigenvalue weighted by molar-refractivity contribution is 6.75. The third kappa shape index (κ3) is 3.47. The van der Waals surface area contributed by atoms with Gasteiger partial charge in [0.1, 0.15) is 12.7 Å². The molecule has 0 N–H and O–H groups in total. The summed E-state index contributed by atoms with van der Waals surface area (Å²) in [5.41, 5.74) is 0.613. The number of aromatic nitrogens is 6. The molecule has 0 bridgehead atoms. The standard InChI is InChI=1S/C13H7Cl5N6O/c14-12(15,13(16,17)18)10-21-9(8-4-2-1-3-5-8)22-24(10)11(25)23-7-19-6-20-23/h1-7H. The summed E-state index contributed by atoms with van der Waals surface area (Å²) in [6.45, 7) is 0. The first-order chi connectivity index (χ1) is 11.7. The van der Waals surface area contributed by atoms with Gasteiger partial charge in [-0.3, -0.25) is 0 Å². The zero-order valence-corrected chi connectivity index (χ0v) is 15.8. The topological polar surface area (TPSA) is 78.5 Å². The number of halogens is 5. The van der Waals surface area contributed by atoms with E-state index in [1.54, 1.807) is 24.3 Å². The van der Waals surface area contributed by atoms with E-state index in [-0.39, 0.29) is 11.6 Å². The van der Waals surface area contributed by atoms with Crippen molar-refractivity contribution in [3.05, 3.63) is 48.8 Å². The average Bonchev–Trinajstić information content (AvgIpc) is 3.24. The zero-order chi connectivity index (χ0) is 18.2. The van der Waals surface area contributed by atoms with E-state index in [9.17, 15) is 4.79 Å². The van der Waals surface area contributed by atoms with Gasteiger partial charge < -0.3 is 0 Å². The first kappa shape index (κ1) is 18.4. The minimum absolute atomic E-state index is 0.170. The molecule has 0 saturated heterocycles. The third-order valence-corrected chi connectivity index (χ3v) is 5.41. The summed E-state index contributed by atoms with van der Waals surface area (Å²) >= 11 is 30.0. The molecule has 3 rings (SSSR count). The fourth-order valence-corrected chi connectivity index (χ4v) is 2.39. The lowest BCUT2D eigenvalue weighted by atomic mass is 10.2. The molecule has 130 valence electrons. The van der Waals surface area contributed by atoms with E-state index in [0.29, 0.717) is 5.56 Å². The summed E-state index contributed by atoms with van der Waals surface area (Å²) in [5, 5.41) is 7.88. The van der Waals surface area contributed by atoms with E-state index in [4.69, 9.17) is 58.0 Å². The van der Waals surface area contributed by atoms with Gasteiger partial charge in [0.05, 0.1) is 0 Å². The molecule has 7 nitrogen and oxygen atoms in total. The minimum Gasteiger partial charge on any atom is -0.243 e. The Hall–Kier alpha value is -1.38. The van der Waals surface area contributed by atoms with Gasteiger partial charge in [0.2, 0.25) is 8.13 Å². The van der Waals surface area contributed by atoms with Crippen molar-refractivity contribution in [3.8, 4) is 11.4 Å². The van der Waals surface area contributed by atoms with Crippen molar-refractivity contribution in [1.82, 2.24) is 29.5 Å². The fourth-order valence-electron chi connectivity index (χ4n) is 1.89. The fraction of sp³-hybridized carbons (Fsp3) is 0.154. The van der Waals surface area contributed by atoms with Crippen LogP contribution in [0.4, 0.5) is 4.79 Å². The molecule has 3 aromatic rings. The molecule has 12 heteroatoms. The zero-order valence-electron chi connectivity index (χ0n) is 12.0.